The van der Waals surface area contributed by atoms with Gasteiger partial charge in [-0.3, -0.25) is 9.80 Å². The van der Waals surface area contributed by atoms with E-state index in [1.54, 1.807) is 12.5 Å². The van der Waals surface area contributed by atoms with E-state index in [0.717, 1.165) is 11.3 Å². The van der Waals surface area contributed by atoms with Crippen LogP contribution in [0.3, 0.4) is 0 Å². The van der Waals surface area contributed by atoms with E-state index < -0.39 is 0 Å². The molecule has 3 atom stereocenters. The van der Waals surface area contributed by atoms with E-state index in [9.17, 15) is 4.79 Å². The fraction of sp³-hybridized carbons (Fsp3) is 0.312. The van der Waals surface area contributed by atoms with Gasteiger partial charge in [-0.15, -0.1) is 12.4 Å². The number of benzene rings is 1. The zero-order chi connectivity index (χ0) is 14.1. The molecule has 1 aromatic rings. The monoisotopic (exact) mass is 306 g/mol. The lowest BCUT2D eigenvalue weighted by Crippen LogP contribution is -2.55. The third-order valence-corrected chi connectivity index (χ3v) is 3.97. The van der Waals surface area contributed by atoms with Gasteiger partial charge in [0, 0.05) is 0 Å². The number of Topliss-reactive ketones (excluding diaryl/α,β-unsaturated/α-hetero) is 1. The predicted molar refractivity (Wildman–Crippen MR) is 83.3 cm³/mol. The highest BCUT2D eigenvalue weighted by molar-refractivity contribution is 5.90. The molecule has 4 nitrogen and oxygen atoms in total. The Bertz CT molecular complexity index is 571. The normalized spacial score (nSPS) is 25.3. The molecule has 5 heteroatoms. The molecule has 0 saturated carbocycles. The molecule has 0 aromatic heterocycles. The molecule has 0 bridgehead atoms. The van der Waals surface area contributed by atoms with Crippen LogP contribution in [0.5, 0.6) is 0 Å². The number of fused-ring (bicyclic) bond motifs is 1. The minimum absolute atomic E-state index is 0. The van der Waals surface area contributed by atoms with E-state index in [-0.39, 0.29) is 36.1 Å². The van der Waals surface area contributed by atoms with Gasteiger partial charge in [0.1, 0.15) is 12.5 Å². The molecule has 0 amide bonds. The van der Waals surface area contributed by atoms with Crippen molar-refractivity contribution in [3.63, 3.8) is 0 Å². The first-order valence-electron chi connectivity index (χ1n) is 6.85. The maximum atomic E-state index is 12.6. The maximum absolute atomic E-state index is 12.6. The number of nitrogens with zero attached hydrogens (tertiary/aromatic N) is 1. The van der Waals surface area contributed by atoms with Crippen molar-refractivity contribution in [1.29, 1.82) is 0 Å². The lowest BCUT2D eigenvalue weighted by atomic mass is 9.79. The number of rotatable bonds is 2. The second kappa shape index (κ2) is 6.33. The van der Waals surface area contributed by atoms with Crippen LogP contribution >= 0.6 is 12.4 Å². The molecular formula is C16H19ClN2O2. The summed E-state index contributed by atoms with van der Waals surface area (Å²) in [4.78, 5) is 12.6. The summed E-state index contributed by atoms with van der Waals surface area (Å²) < 4.78 is 5.26. The Balaban J connectivity index is 0.00000161. The summed E-state index contributed by atoms with van der Waals surface area (Å²) in [7, 11) is 0. The van der Waals surface area contributed by atoms with Crippen LogP contribution in [0, 0.1) is 5.92 Å². The molecule has 1 fully saturated rings. The molecule has 2 aliphatic rings. The van der Waals surface area contributed by atoms with E-state index in [2.05, 4.69) is 24.5 Å². The van der Waals surface area contributed by atoms with E-state index in [1.165, 1.54) is 0 Å². The number of carbonyl (C=O) groups is 1. The lowest BCUT2D eigenvalue weighted by Gasteiger charge is -2.40. The van der Waals surface area contributed by atoms with E-state index in [4.69, 9.17) is 4.74 Å². The number of nitrogens with one attached hydrogen (secondary N) is 1. The van der Waals surface area contributed by atoms with E-state index in [0.29, 0.717) is 0 Å². The van der Waals surface area contributed by atoms with Crippen LogP contribution in [0.4, 0.5) is 0 Å². The van der Waals surface area contributed by atoms with Gasteiger partial charge in [-0.25, -0.2) is 5.43 Å². The van der Waals surface area contributed by atoms with Gasteiger partial charge in [-0.2, -0.15) is 0 Å². The number of ketones is 1. The largest absolute Gasteiger partial charge is 0.469 e. The fourth-order valence-electron chi connectivity index (χ4n) is 2.83. The fourth-order valence-corrected chi connectivity index (χ4v) is 2.83. The van der Waals surface area contributed by atoms with Gasteiger partial charge in [0.2, 0.25) is 0 Å². The Hall–Kier alpha value is -1.78. The minimum Gasteiger partial charge on any atom is -0.469 e. The van der Waals surface area contributed by atoms with Gasteiger partial charge < -0.3 is 4.74 Å². The van der Waals surface area contributed by atoms with Crippen molar-refractivity contribution < 1.29 is 9.53 Å². The number of allylic oxidation sites excluding steroid dienone is 1. The molecule has 21 heavy (non-hydrogen) atoms. The summed E-state index contributed by atoms with van der Waals surface area (Å²) in [5, 5.41) is 1.89. The maximum Gasteiger partial charge on any atom is 0.161 e. The Labute approximate surface area is 130 Å². The highest BCUT2D eigenvalue weighted by Crippen LogP contribution is 2.36. The Morgan fingerprint density at radius 3 is 2.71 bits per heavy atom. The van der Waals surface area contributed by atoms with Crippen molar-refractivity contribution in [3.8, 4) is 0 Å². The van der Waals surface area contributed by atoms with Crippen LogP contribution in [0.2, 0.25) is 0 Å². The summed E-state index contributed by atoms with van der Waals surface area (Å²) in [6.07, 6.45) is 5.06. The molecule has 0 radical (unpaired) electrons. The Kier molecular flexibility index (Phi) is 4.70. The molecule has 0 aliphatic carbocycles. The molecule has 2 heterocycles. The number of hydrogen-bond donors (Lipinski definition) is 1. The highest BCUT2D eigenvalue weighted by atomic mass is 35.5. The zero-order valence-corrected chi connectivity index (χ0v) is 12.8. The van der Waals surface area contributed by atoms with Crippen LogP contribution in [-0.4, -0.2) is 16.8 Å². The summed E-state index contributed by atoms with van der Waals surface area (Å²) in [6, 6.07) is 9.92. The van der Waals surface area contributed by atoms with Crippen LogP contribution < -0.4 is 5.43 Å². The molecule has 112 valence electrons. The van der Waals surface area contributed by atoms with Crippen LogP contribution in [0.25, 0.3) is 0 Å². The van der Waals surface area contributed by atoms with Crippen LogP contribution in [0.1, 0.15) is 25.3 Å². The topological polar surface area (TPSA) is 41.6 Å². The molecule has 1 aromatic carbocycles. The molecule has 1 N–H and O–H groups in total. The van der Waals surface area contributed by atoms with Gasteiger partial charge in [0.25, 0.3) is 0 Å². The van der Waals surface area contributed by atoms with E-state index in [1.807, 2.05) is 36.3 Å². The first-order valence-corrected chi connectivity index (χ1v) is 6.85. The summed E-state index contributed by atoms with van der Waals surface area (Å²) in [5.74, 6) is 0.110. The summed E-state index contributed by atoms with van der Waals surface area (Å²) in [6.45, 7) is 3.99. The van der Waals surface area contributed by atoms with Crippen molar-refractivity contribution in [2.75, 3.05) is 0 Å². The number of halogens is 1. The first kappa shape index (κ1) is 15.6. The first-order chi connectivity index (χ1) is 9.68. The van der Waals surface area contributed by atoms with Gasteiger partial charge in [0.05, 0.1) is 23.9 Å². The average molecular weight is 307 g/mol. The van der Waals surface area contributed by atoms with Gasteiger partial charge in [0.15, 0.2) is 5.78 Å². The molecule has 0 spiro atoms. The van der Waals surface area contributed by atoms with Crippen molar-refractivity contribution in [2.24, 2.45) is 5.92 Å². The number of ether oxygens (including phenoxy) is 1. The van der Waals surface area contributed by atoms with Crippen molar-refractivity contribution >= 4 is 18.2 Å². The quantitative estimate of drug-likeness (QED) is 0.912. The van der Waals surface area contributed by atoms with Gasteiger partial charge >= 0.3 is 0 Å². The Morgan fingerprint density at radius 1 is 1.29 bits per heavy atom. The van der Waals surface area contributed by atoms with E-state index >= 15 is 0 Å². The van der Waals surface area contributed by atoms with Crippen LogP contribution in [-0.2, 0) is 9.53 Å². The predicted octanol–water partition coefficient (Wildman–Crippen LogP) is 2.95. The number of carbonyl (C=O) groups excluding carboxylic acids is 1. The molecule has 2 aliphatic heterocycles. The molecule has 3 rings (SSSR count). The average Bonchev–Trinajstić information content (AvgIpc) is 2.49. The molecular weight excluding hydrogens is 288 g/mol. The zero-order valence-electron chi connectivity index (χ0n) is 12.0. The Morgan fingerprint density at radius 2 is 2.00 bits per heavy atom. The standard InChI is InChI=1S/C16H18N2O2.ClH/c1-11(13-6-4-3-5-7-13)15-14-10-20-9-8-18(14)17-12(2)16(15)19;/h3-12,15,17H,1-2H3;1H. The molecule has 1 saturated heterocycles. The SMILES string of the molecule is CC1NN2C=COC=C2C(C(C)c2ccccc2)C1=O.Cl. The number of hydrazine groups is 1. The van der Waals surface area contributed by atoms with Crippen molar-refractivity contribution in [2.45, 2.75) is 25.8 Å². The summed E-state index contributed by atoms with van der Waals surface area (Å²) >= 11 is 0. The third-order valence-electron chi connectivity index (χ3n) is 3.97. The van der Waals surface area contributed by atoms with Crippen LogP contribution in [0.15, 0.2) is 54.8 Å². The van der Waals surface area contributed by atoms with Gasteiger partial charge in [-0.05, 0) is 18.4 Å². The smallest absolute Gasteiger partial charge is 0.161 e. The molecule has 3 unspecified atom stereocenters. The van der Waals surface area contributed by atoms with Gasteiger partial charge in [-0.1, -0.05) is 37.3 Å². The number of hydrogen-bond acceptors (Lipinski definition) is 4. The second-order valence-electron chi connectivity index (χ2n) is 5.26. The van der Waals surface area contributed by atoms with Crippen molar-refractivity contribution in [3.05, 3.63) is 60.3 Å². The third kappa shape index (κ3) is 2.82. The summed E-state index contributed by atoms with van der Waals surface area (Å²) in [5.41, 5.74) is 5.18. The highest BCUT2D eigenvalue weighted by Gasteiger charge is 2.40. The lowest BCUT2D eigenvalue weighted by molar-refractivity contribution is -0.128. The minimum atomic E-state index is -0.203. The van der Waals surface area contributed by atoms with Crippen molar-refractivity contribution in [1.82, 2.24) is 10.4 Å². The second-order valence-corrected chi connectivity index (χ2v) is 5.26.